The zero-order chi connectivity index (χ0) is 9.56. The SMILES string of the molecule is CCN(CC(=O)NC)CC(C)N. The number of carbonyl (C=O) groups excluding carboxylic acids is 1. The van der Waals surface area contributed by atoms with Gasteiger partial charge in [-0.15, -0.1) is 0 Å². The molecule has 4 heteroatoms. The van der Waals surface area contributed by atoms with Crippen molar-refractivity contribution >= 4 is 5.91 Å². The molecule has 0 aromatic carbocycles. The summed E-state index contributed by atoms with van der Waals surface area (Å²) >= 11 is 0. The van der Waals surface area contributed by atoms with Crippen LogP contribution < -0.4 is 11.1 Å². The first-order chi connectivity index (χ1) is 5.60. The molecule has 1 amide bonds. The lowest BCUT2D eigenvalue weighted by atomic mass is 10.3. The Morgan fingerprint density at radius 2 is 2.25 bits per heavy atom. The number of amides is 1. The third-order valence-corrected chi connectivity index (χ3v) is 1.64. The third-order valence-electron chi connectivity index (χ3n) is 1.64. The van der Waals surface area contributed by atoms with Crippen molar-refractivity contribution in [3.8, 4) is 0 Å². The summed E-state index contributed by atoms with van der Waals surface area (Å²) in [7, 11) is 1.64. The predicted molar refractivity (Wildman–Crippen MR) is 49.8 cm³/mol. The van der Waals surface area contributed by atoms with Gasteiger partial charge in [-0.25, -0.2) is 0 Å². The lowest BCUT2D eigenvalue weighted by molar-refractivity contribution is -0.121. The second-order valence-corrected chi connectivity index (χ2v) is 2.98. The molecule has 0 heterocycles. The molecule has 1 unspecified atom stereocenters. The number of nitrogens with two attached hydrogens (primary N) is 1. The van der Waals surface area contributed by atoms with E-state index in [-0.39, 0.29) is 11.9 Å². The molecule has 0 aromatic heterocycles. The standard InChI is InChI=1S/C8H19N3O/c1-4-11(5-7(2)9)6-8(12)10-3/h7H,4-6,9H2,1-3H3,(H,10,12). The number of hydrogen-bond acceptors (Lipinski definition) is 3. The second kappa shape index (κ2) is 5.97. The van der Waals surface area contributed by atoms with E-state index >= 15 is 0 Å². The average Bonchev–Trinajstić information content (AvgIpc) is 2.02. The highest BCUT2D eigenvalue weighted by Gasteiger charge is 2.08. The van der Waals surface area contributed by atoms with E-state index in [1.165, 1.54) is 0 Å². The molecule has 0 fully saturated rings. The van der Waals surface area contributed by atoms with Crippen LogP contribution in [0.3, 0.4) is 0 Å². The van der Waals surface area contributed by atoms with Crippen LogP contribution in [0.25, 0.3) is 0 Å². The normalized spacial score (nSPS) is 13.1. The van der Waals surface area contributed by atoms with Gasteiger partial charge in [-0.05, 0) is 13.5 Å². The smallest absolute Gasteiger partial charge is 0.233 e. The zero-order valence-electron chi connectivity index (χ0n) is 8.13. The first-order valence-electron chi connectivity index (χ1n) is 4.28. The van der Waals surface area contributed by atoms with Crippen molar-refractivity contribution in [1.82, 2.24) is 10.2 Å². The van der Waals surface area contributed by atoms with Crippen LogP contribution in [0.15, 0.2) is 0 Å². The van der Waals surface area contributed by atoms with Crippen LogP contribution >= 0.6 is 0 Å². The molecule has 0 spiro atoms. The summed E-state index contributed by atoms with van der Waals surface area (Å²) in [6.07, 6.45) is 0. The third kappa shape index (κ3) is 5.09. The van der Waals surface area contributed by atoms with Gasteiger partial charge in [-0.3, -0.25) is 9.69 Å². The van der Waals surface area contributed by atoms with Gasteiger partial charge in [-0.1, -0.05) is 6.92 Å². The van der Waals surface area contributed by atoms with Gasteiger partial charge in [0.05, 0.1) is 6.54 Å². The number of carbonyl (C=O) groups is 1. The molecule has 72 valence electrons. The minimum atomic E-state index is 0.0394. The Labute approximate surface area is 74.1 Å². The monoisotopic (exact) mass is 173 g/mol. The largest absolute Gasteiger partial charge is 0.358 e. The maximum atomic E-state index is 11.0. The molecule has 3 N–H and O–H groups in total. The average molecular weight is 173 g/mol. The van der Waals surface area contributed by atoms with Gasteiger partial charge >= 0.3 is 0 Å². The van der Waals surface area contributed by atoms with E-state index in [0.717, 1.165) is 13.1 Å². The van der Waals surface area contributed by atoms with Crippen LogP contribution in [0, 0.1) is 0 Å². The molecule has 1 atom stereocenters. The van der Waals surface area contributed by atoms with Crippen molar-refractivity contribution in [3.63, 3.8) is 0 Å². The molecule has 0 rings (SSSR count). The highest BCUT2D eigenvalue weighted by molar-refractivity contribution is 5.77. The molecular weight excluding hydrogens is 154 g/mol. The second-order valence-electron chi connectivity index (χ2n) is 2.98. The summed E-state index contributed by atoms with van der Waals surface area (Å²) in [6.45, 7) is 6.02. The van der Waals surface area contributed by atoms with E-state index in [1.807, 2.05) is 18.7 Å². The Morgan fingerprint density at radius 1 is 1.67 bits per heavy atom. The first kappa shape index (κ1) is 11.4. The van der Waals surface area contributed by atoms with Crippen LogP contribution in [0.2, 0.25) is 0 Å². The zero-order valence-corrected chi connectivity index (χ0v) is 8.13. The summed E-state index contributed by atoms with van der Waals surface area (Å²) in [6, 6.07) is 0.120. The predicted octanol–water partition coefficient (Wildman–Crippen LogP) is -0.598. The fraction of sp³-hybridized carbons (Fsp3) is 0.875. The fourth-order valence-electron chi connectivity index (χ4n) is 0.995. The minimum absolute atomic E-state index is 0.0394. The van der Waals surface area contributed by atoms with Crippen molar-refractivity contribution < 1.29 is 4.79 Å². The quantitative estimate of drug-likeness (QED) is 0.584. The van der Waals surface area contributed by atoms with Crippen molar-refractivity contribution in [3.05, 3.63) is 0 Å². The molecule has 0 saturated heterocycles. The molecule has 0 saturated carbocycles. The van der Waals surface area contributed by atoms with E-state index < -0.39 is 0 Å². The highest BCUT2D eigenvalue weighted by atomic mass is 16.1. The van der Waals surface area contributed by atoms with Gasteiger partial charge in [0.15, 0.2) is 0 Å². The van der Waals surface area contributed by atoms with Gasteiger partial charge in [0.25, 0.3) is 0 Å². The van der Waals surface area contributed by atoms with Crippen molar-refractivity contribution in [2.75, 3.05) is 26.7 Å². The Balaban J connectivity index is 3.74. The van der Waals surface area contributed by atoms with E-state index in [4.69, 9.17) is 5.73 Å². The van der Waals surface area contributed by atoms with Crippen LogP contribution in [0.4, 0.5) is 0 Å². The molecule has 0 bridgehead atoms. The number of likely N-dealkylation sites (N-methyl/N-ethyl adjacent to an activating group) is 2. The van der Waals surface area contributed by atoms with Crippen molar-refractivity contribution in [2.45, 2.75) is 19.9 Å². The van der Waals surface area contributed by atoms with E-state index in [9.17, 15) is 4.79 Å². The molecule has 12 heavy (non-hydrogen) atoms. The van der Waals surface area contributed by atoms with Gasteiger partial charge in [0.1, 0.15) is 0 Å². The van der Waals surface area contributed by atoms with Crippen LogP contribution in [-0.2, 0) is 4.79 Å². The molecule has 0 aromatic rings. The molecular formula is C8H19N3O. The molecule has 0 radical (unpaired) electrons. The van der Waals surface area contributed by atoms with Gasteiger partial charge in [-0.2, -0.15) is 0 Å². The number of nitrogens with one attached hydrogen (secondary N) is 1. The van der Waals surface area contributed by atoms with Gasteiger partial charge in [0, 0.05) is 19.6 Å². The van der Waals surface area contributed by atoms with Gasteiger partial charge < -0.3 is 11.1 Å². The van der Waals surface area contributed by atoms with Gasteiger partial charge in [0.2, 0.25) is 5.91 Å². The fourth-order valence-corrected chi connectivity index (χ4v) is 0.995. The maximum Gasteiger partial charge on any atom is 0.233 e. The van der Waals surface area contributed by atoms with E-state index in [2.05, 4.69) is 5.32 Å². The van der Waals surface area contributed by atoms with Crippen LogP contribution in [0.1, 0.15) is 13.8 Å². The van der Waals surface area contributed by atoms with Crippen LogP contribution in [0.5, 0.6) is 0 Å². The topological polar surface area (TPSA) is 58.4 Å². The minimum Gasteiger partial charge on any atom is -0.358 e. The summed E-state index contributed by atoms with van der Waals surface area (Å²) < 4.78 is 0. The highest BCUT2D eigenvalue weighted by Crippen LogP contribution is 1.89. The molecule has 0 aliphatic carbocycles. The maximum absolute atomic E-state index is 11.0. The van der Waals surface area contributed by atoms with E-state index in [1.54, 1.807) is 7.05 Å². The Hall–Kier alpha value is -0.610. The lowest BCUT2D eigenvalue weighted by Gasteiger charge is -2.20. The van der Waals surface area contributed by atoms with Crippen molar-refractivity contribution in [2.24, 2.45) is 5.73 Å². The van der Waals surface area contributed by atoms with E-state index in [0.29, 0.717) is 6.54 Å². The summed E-state index contributed by atoms with van der Waals surface area (Å²) in [5.41, 5.74) is 5.61. The Kier molecular flexibility index (Phi) is 5.66. The number of nitrogens with zero attached hydrogens (tertiary/aromatic N) is 1. The Bertz CT molecular complexity index is 136. The molecule has 0 aliphatic heterocycles. The Morgan fingerprint density at radius 3 is 2.58 bits per heavy atom. The summed E-state index contributed by atoms with van der Waals surface area (Å²) in [5.74, 6) is 0.0394. The molecule has 0 aliphatic rings. The lowest BCUT2D eigenvalue weighted by Crippen LogP contribution is -2.41. The molecule has 4 nitrogen and oxygen atoms in total. The number of rotatable bonds is 5. The number of hydrogen-bond donors (Lipinski definition) is 2. The van der Waals surface area contributed by atoms with Crippen LogP contribution in [-0.4, -0.2) is 43.5 Å². The van der Waals surface area contributed by atoms with Crippen molar-refractivity contribution in [1.29, 1.82) is 0 Å². The first-order valence-corrected chi connectivity index (χ1v) is 4.28. The summed E-state index contributed by atoms with van der Waals surface area (Å²) in [4.78, 5) is 13.0. The summed E-state index contributed by atoms with van der Waals surface area (Å²) in [5, 5.41) is 2.58.